The molecule has 1 aromatic heterocycles. The molecule has 0 saturated heterocycles. The Hall–Kier alpha value is -2.48. The number of benzene rings is 1. The fraction of sp³-hybridized carbons (Fsp3) is 0.182. The highest BCUT2D eigenvalue weighted by atomic mass is 19.1. The van der Waals surface area contributed by atoms with Crippen LogP contribution in [0.3, 0.4) is 0 Å². The summed E-state index contributed by atoms with van der Waals surface area (Å²) in [6.45, 7) is 0.370. The van der Waals surface area contributed by atoms with Crippen molar-refractivity contribution in [1.82, 2.24) is 15.0 Å². The van der Waals surface area contributed by atoms with Gasteiger partial charge in [0.25, 0.3) is 0 Å². The molecule has 0 unspecified atom stereocenters. The minimum Gasteiger partial charge on any atom is -0.467 e. The van der Waals surface area contributed by atoms with Crippen molar-refractivity contribution in [3.8, 4) is 6.01 Å². The Labute approximate surface area is 109 Å². The van der Waals surface area contributed by atoms with Crippen LogP contribution in [0, 0.1) is 5.82 Å². The van der Waals surface area contributed by atoms with Gasteiger partial charge in [-0.25, -0.2) is 10.2 Å². The highest BCUT2D eigenvalue weighted by Crippen LogP contribution is 2.11. The number of anilines is 2. The van der Waals surface area contributed by atoms with E-state index >= 15 is 0 Å². The molecular weight excluding hydrogens is 251 g/mol. The second-order valence-electron chi connectivity index (χ2n) is 3.60. The molecule has 7 nitrogen and oxygen atoms in total. The van der Waals surface area contributed by atoms with E-state index in [2.05, 4.69) is 25.7 Å². The number of halogens is 1. The largest absolute Gasteiger partial charge is 0.467 e. The van der Waals surface area contributed by atoms with Gasteiger partial charge in [0, 0.05) is 6.54 Å². The summed E-state index contributed by atoms with van der Waals surface area (Å²) in [6.07, 6.45) is 0. The second-order valence-corrected chi connectivity index (χ2v) is 3.60. The van der Waals surface area contributed by atoms with Crippen LogP contribution in [0.25, 0.3) is 0 Å². The fourth-order valence-corrected chi connectivity index (χ4v) is 1.42. The average Bonchev–Trinajstić information content (AvgIpc) is 2.44. The molecule has 0 bridgehead atoms. The number of hydrazine groups is 1. The summed E-state index contributed by atoms with van der Waals surface area (Å²) in [5.41, 5.74) is 3.07. The summed E-state index contributed by atoms with van der Waals surface area (Å²) < 4.78 is 17.9. The van der Waals surface area contributed by atoms with Gasteiger partial charge in [0.15, 0.2) is 0 Å². The van der Waals surface area contributed by atoms with E-state index in [1.807, 2.05) is 0 Å². The van der Waals surface area contributed by atoms with Gasteiger partial charge in [0.2, 0.25) is 11.9 Å². The molecule has 0 fully saturated rings. The van der Waals surface area contributed by atoms with Crippen molar-refractivity contribution in [2.24, 2.45) is 5.84 Å². The topological polar surface area (TPSA) is 98.0 Å². The van der Waals surface area contributed by atoms with Crippen LogP contribution < -0.4 is 21.3 Å². The van der Waals surface area contributed by atoms with Crippen molar-refractivity contribution in [2.45, 2.75) is 6.54 Å². The Morgan fingerprint density at radius 3 is 2.74 bits per heavy atom. The molecule has 2 rings (SSSR count). The lowest BCUT2D eigenvalue weighted by atomic mass is 10.2. The minimum absolute atomic E-state index is 0.129. The first-order valence-corrected chi connectivity index (χ1v) is 5.46. The van der Waals surface area contributed by atoms with Crippen LogP contribution >= 0.6 is 0 Å². The van der Waals surface area contributed by atoms with Crippen molar-refractivity contribution in [3.05, 3.63) is 35.6 Å². The van der Waals surface area contributed by atoms with Crippen LogP contribution in [0.15, 0.2) is 24.3 Å². The van der Waals surface area contributed by atoms with E-state index in [9.17, 15) is 4.39 Å². The Morgan fingerprint density at radius 2 is 2.05 bits per heavy atom. The van der Waals surface area contributed by atoms with Crippen LogP contribution in [-0.2, 0) is 6.54 Å². The maximum Gasteiger partial charge on any atom is 0.322 e. The van der Waals surface area contributed by atoms with Crippen LogP contribution in [0.2, 0.25) is 0 Å². The van der Waals surface area contributed by atoms with Gasteiger partial charge in [0.1, 0.15) is 5.82 Å². The normalized spacial score (nSPS) is 10.1. The number of nitrogen functional groups attached to an aromatic ring is 1. The van der Waals surface area contributed by atoms with E-state index in [0.717, 1.165) is 5.56 Å². The lowest BCUT2D eigenvalue weighted by Crippen LogP contribution is -2.14. The number of aromatic nitrogens is 3. The van der Waals surface area contributed by atoms with E-state index < -0.39 is 0 Å². The predicted octanol–water partition coefficient (Wildman–Crippen LogP) is 0.917. The number of hydrogen-bond acceptors (Lipinski definition) is 7. The molecule has 4 N–H and O–H groups in total. The number of rotatable bonds is 5. The van der Waals surface area contributed by atoms with Gasteiger partial charge in [-0.2, -0.15) is 15.0 Å². The van der Waals surface area contributed by atoms with E-state index in [0.29, 0.717) is 6.54 Å². The Bertz CT molecular complexity index is 542. The highest BCUT2D eigenvalue weighted by Gasteiger charge is 2.05. The van der Waals surface area contributed by atoms with Gasteiger partial charge in [0.05, 0.1) is 7.11 Å². The number of methoxy groups -OCH3 is 1. The van der Waals surface area contributed by atoms with Gasteiger partial charge in [-0.3, -0.25) is 5.43 Å². The van der Waals surface area contributed by atoms with Crippen molar-refractivity contribution in [1.29, 1.82) is 0 Å². The van der Waals surface area contributed by atoms with Gasteiger partial charge < -0.3 is 10.1 Å². The maximum atomic E-state index is 13.0. The van der Waals surface area contributed by atoms with E-state index in [1.165, 1.54) is 19.2 Å². The molecule has 0 atom stereocenters. The third kappa shape index (κ3) is 3.49. The zero-order valence-corrected chi connectivity index (χ0v) is 10.2. The standard InChI is InChI=1S/C11H13FN6O/c1-19-11-16-9(15-10(17-11)18-13)14-6-7-3-2-4-8(12)5-7/h2-5H,6,13H2,1H3,(H2,14,15,16,17,18). The molecule has 0 aliphatic carbocycles. The zero-order chi connectivity index (χ0) is 13.7. The van der Waals surface area contributed by atoms with E-state index in [1.54, 1.807) is 12.1 Å². The first kappa shape index (κ1) is 13.0. The van der Waals surface area contributed by atoms with Gasteiger partial charge >= 0.3 is 6.01 Å². The molecule has 19 heavy (non-hydrogen) atoms. The maximum absolute atomic E-state index is 13.0. The average molecular weight is 264 g/mol. The zero-order valence-electron chi connectivity index (χ0n) is 10.2. The van der Waals surface area contributed by atoms with Gasteiger partial charge in [-0.05, 0) is 17.7 Å². The second kappa shape index (κ2) is 5.91. The third-order valence-corrected chi connectivity index (χ3v) is 2.27. The monoisotopic (exact) mass is 264 g/mol. The molecule has 0 aliphatic heterocycles. The Kier molecular flexibility index (Phi) is 4.04. The molecule has 2 aromatic rings. The SMILES string of the molecule is COc1nc(NN)nc(NCc2cccc(F)c2)n1. The summed E-state index contributed by atoms with van der Waals surface area (Å²) in [6, 6.07) is 6.35. The summed E-state index contributed by atoms with van der Waals surface area (Å²) in [5.74, 6) is 5.40. The smallest absolute Gasteiger partial charge is 0.322 e. The lowest BCUT2D eigenvalue weighted by Gasteiger charge is -2.07. The third-order valence-electron chi connectivity index (χ3n) is 2.27. The summed E-state index contributed by atoms with van der Waals surface area (Å²) in [7, 11) is 1.44. The first-order chi connectivity index (χ1) is 9.21. The van der Waals surface area contributed by atoms with Crippen molar-refractivity contribution in [3.63, 3.8) is 0 Å². The summed E-state index contributed by atoms with van der Waals surface area (Å²) >= 11 is 0. The first-order valence-electron chi connectivity index (χ1n) is 5.46. The molecule has 0 radical (unpaired) electrons. The number of nitrogens with zero attached hydrogens (tertiary/aromatic N) is 3. The molecule has 0 saturated carbocycles. The van der Waals surface area contributed by atoms with Crippen molar-refractivity contribution >= 4 is 11.9 Å². The van der Waals surface area contributed by atoms with Crippen LogP contribution in [0.5, 0.6) is 6.01 Å². The van der Waals surface area contributed by atoms with Crippen LogP contribution in [0.4, 0.5) is 16.3 Å². The number of nitrogens with one attached hydrogen (secondary N) is 2. The summed E-state index contributed by atoms with van der Waals surface area (Å²) in [4.78, 5) is 11.8. The number of ether oxygens (including phenoxy) is 1. The molecular formula is C11H13FN6O. The minimum atomic E-state index is -0.295. The van der Waals surface area contributed by atoms with Gasteiger partial charge in [-0.1, -0.05) is 12.1 Å². The van der Waals surface area contributed by atoms with E-state index in [4.69, 9.17) is 10.6 Å². The summed E-state index contributed by atoms with van der Waals surface area (Å²) in [5, 5.41) is 2.93. The quantitative estimate of drug-likeness (QED) is 0.545. The molecule has 8 heteroatoms. The van der Waals surface area contributed by atoms with E-state index in [-0.39, 0.29) is 23.7 Å². The Balaban J connectivity index is 2.10. The van der Waals surface area contributed by atoms with Crippen LogP contribution in [-0.4, -0.2) is 22.1 Å². The van der Waals surface area contributed by atoms with Crippen molar-refractivity contribution < 1.29 is 9.13 Å². The molecule has 0 spiro atoms. The van der Waals surface area contributed by atoms with Crippen LogP contribution in [0.1, 0.15) is 5.56 Å². The molecule has 100 valence electrons. The number of hydrogen-bond donors (Lipinski definition) is 3. The Morgan fingerprint density at radius 1 is 1.26 bits per heavy atom. The van der Waals surface area contributed by atoms with Gasteiger partial charge in [-0.15, -0.1) is 0 Å². The van der Waals surface area contributed by atoms with Crippen molar-refractivity contribution in [2.75, 3.05) is 17.9 Å². The molecule has 0 amide bonds. The number of nitrogens with two attached hydrogens (primary N) is 1. The highest BCUT2D eigenvalue weighted by molar-refractivity contribution is 5.35. The predicted molar refractivity (Wildman–Crippen MR) is 67.9 cm³/mol. The molecule has 1 heterocycles. The fourth-order valence-electron chi connectivity index (χ4n) is 1.42. The lowest BCUT2D eigenvalue weighted by molar-refractivity contribution is 0.379. The molecule has 0 aliphatic rings. The molecule has 1 aromatic carbocycles.